The summed E-state index contributed by atoms with van der Waals surface area (Å²) in [4.78, 5) is 1.90. The molecule has 0 atom stereocenters. The van der Waals surface area contributed by atoms with Gasteiger partial charge in [-0.3, -0.25) is 0 Å². The molecule has 0 bridgehead atoms. The SMILES string of the molecule is [2H]c1c([2H])c(N(c2ccc(-c3cccc4ccccc34)cc2)c2ccccc2-c2cccc3c2ccc2c4ccccc4oc32)c([2H])c([2H])c1-c1cccc2ccccc12. The molecule has 11 rings (SSSR count). The third-order valence-electron chi connectivity index (χ3n) is 11.0. The average molecular weight is 718 g/mol. The molecule has 0 N–H and O–H groups in total. The molecule has 11 aromatic rings. The van der Waals surface area contributed by atoms with Gasteiger partial charge in [0.2, 0.25) is 0 Å². The first-order chi connectivity index (χ1) is 29.5. The molecule has 0 aliphatic carbocycles. The maximum Gasteiger partial charge on any atom is 0.143 e. The van der Waals surface area contributed by atoms with Crippen molar-refractivity contribution < 1.29 is 9.90 Å². The third-order valence-corrected chi connectivity index (χ3v) is 11.0. The molecule has 0 radical (unpaired) electrons. The van der Waals surface area contributed by atoms with Crippen LogP contribution in [0, 0.1) is 0 Å². The Morgan fingerprint density at radius 1 is 0.339 bits per heavy atom. The molecule has 1 heterocycles. The molecule has 0 saturated heterocycles. The summed E-state index contributed by atoms with van der Waals surface area (Å²) in [5.41, 5.74) is 8.11. The number of anilines is 3. The molecule has 56 heavy (non-hydrogen) atoms. The number of hydrogen-bond donors (Lipinski definition) is 0. The number of fused-ring (bicyclic) bond motifs is 7. The Morgan fingerprint density at radius 2 is 0.857 bits per heavy atom. The van der Waals surface area contributed by atoms with Gasteiger partial charge in [0.25, 0.3) is 0 Å². The van der Waals surface area contributed by atoms with Crippen LogP contribution in [-0.4, -0.2) is 0 Å². The van der Waals surface area contributed by atoms with Crippen LogP contribution in [0.3, 0.4) is 0 Å². The second kappa shape index (κ2) is 13.2. The predicted octanol–water partition coefficient (Wildman–Crippen LogP) is 15.5. The van der Waals surface area contributed by atoms with Crippen LogP contribution in [0.25, 0.3) is 87.6 Å². The van der Waals surface area contributed by atoms with Gasteiger partial charge >= 0.3 is 0 Å². The molecule has 0 spiro atoms. The Kier molecular flexibility index (Phi) is 6.60. The van der Waals surface area contributed by atoms with Crippen LogP contribution >= 0.6 is 0 Å². The summed E-state index contributed by atoms with van der Waals surface area (Å²) in [6.45, 7) is 0. The van der Waals surface area contributed by atoms with Gasteiger partial charge in [0.05, 0.1) is 11.2 Å². The van der Waals surface area contributed by atoms with E-state index < -0.39 is 0 Å². The van der Waals surface area contributed by atoms with Crippen molar-refractivity contribution in [2.45, 2.75) is 0 Å². The van der Waals surface area contributed by atoms with Crippen molar-refractivity contribution >= 4 is 71.3 Å². The Labute approximate surface area is 330 Å². The first kappa shape index (κ1) is 28.1. The third kappa shape index (κ3) is 5.26. The van der Waals surface area contributed by atoms with Gasteiger partial charge in [-0.2, -0.15) is 0 Å². The zero-order valence-electron chi connectivity index (χ0n) is 34.3. The van der Waals surface area contributed by atoms with E-state index in [0.717, 1.165) is 76.5 Å². The summed E-state index contributed by atoms with van der Waals surface area (Å²) in [5.74, 6) is 0. The van der Waals surface area contributed by atoms with Crippen LogP contribution < -0.4 is 4.90 Å². The first-order valence-corrected chi connectivity index (χ1v) is 18.9. The molecule has 10 aromatic carbocycles. The predicted molar refractivity (Wildman–Crippen MR) is 237 cm³/mol. The van der Waals surface area contributed by atoms with E-state index in [4.69, 9.17) is 4.42 Å². The quantitative estimate of drug-likeness (QED) is 0.170. The van der Waals surface area contributed by atoms with Crippen LogP contribution in [0.4, 0.5) is 17.1 Å². The Bertz CT molecular complexity index is 3460. The molecule has 0 saturated carbocycles. The highest BCUT2D eigenvalue weighted by atomic mass is 16.3. The number of nitrogens with zero attached hydrogens (tertiary/aromatic N) is 1. The molecule has 2 nitrogen and oxygen atoms in total. The fourth-order valence-electron chi connectivity index (χ4n) is 8.32. The van der Waals surface area contributed by atoms with Crippen LogP contribution in [-0.2, 0) is 0 Å². The molecule has 0 aliphatic heterocycles. The molecule has 0 aliphatic rings. The zero-order chi connectivity index (χ0) is 40.5. The number of hydrogen-bond acceptors (Lipinski definition) is 2. The average Bonchev–Trinajstić information content (AvgIpc) is 3.69. The lowest BCUT2D eigenvalue weighted by Crippen LogP contribution is -2.11. The fourth-order valence-corrected chi connectivity index (χ4v) is 8.32. The molecule has 2 heteroatoms. The van der Waals surface area contributed by atoms with Gasteiger partial charge in [-0.25, -0.2) is 0 Å². The largest absolute Gasteiger partial charge is 0.455 e. The van der Waals surface area contributed by atoms with Gasteiger partial charge in [-0.15, -0.1) is 0 Å². The van der Waals surface area contributed by atoms with Crippen LogP contribution in [0.15, 0.2) is 217 Å². The van der Waals surface area contributed by atoms with Crippen molar-refractivity contribution in [3.05, 3.63) is 212 Å². The summed E-state index contributed by atoms with van der Waals surface area (Å²) in [7, 11) is 0. The monoisotopic (exact) mass is 717 g/mol. The van der Waals surface area contributed by atoms with Crippen LogP contribution in [0.5, 0.6) is 0 Å². The summed E-state index contributed by atoms with van der Waals surface area (Å²) < 4.78 is 45.0. The van der Waals surface area contributed by atoms with Crippen molar-refractivity contribution in [1.29, 1.82) is 0 Å². The summed E-state index contributed by atoms with van der Waals surface area (Å²) in [6, 6.07) is 62.6. The van der Waals surface area contributed by atoms with Crippen molar-refractivity contribution in [3.8, 4) is 33.4 Å². The van der Waals surface area contributed by atoms with Gasteiger partial charge in [0.1, 0.15) is 11.2 Å². The molecule has 262 valence electrons. The minimum atomic E-state index is -0.131. The number of para-hydroxylation sites is 2. The van der Waals surface area contributed by atoms with E-state index in [9.17, 15) is 5.48 Å². The minimum absolute atomic E-state index is 0.102. The molecular weight excluding hydrogens is 679 g/mol. The van der Waals surface area contributed by atoms with Gasteiger partial charge in [0.15, 0.2) is 0 Å². The van der Waals surface area contributed by atoms with Gasteiger partial charge in [-0.05, 0) is 97.2 Å². The Balaban J connectivity index is 1.15. The van der Waals surface area contributed by atoms with Crippen LogP contribution in [0.2, 0.25) is 0 Å². The van der Waals surface area contributed by atoms with Crippen LogP contribution in [0.1, 0.15) is 5.48 Å². The van der Waals surface area contributed by atoms with Gasteiger partial charge < -0.3 is 9.32 Å². The highest BCUT2D eigenvalue weighted by molar-refractivity contribution is 6.18. The molecule has 0 unspecified atom stereocenters. The van der Waals surface area contributed by atoms with Crippen molar-refractivity contribution in [2.24, 2.45) is 0 Å². The van der Waals surface area contributed by atoms with E-state index >= 15 is 0 Å². The molecule has 0 fully saturated rings. The molecule has 1 aromatic heterocycles. The highest BCUT2D eigenvalue weighted by Crippen LogP contribution is 2.45. The summed E-state index contributed by atoms with van der Waals surface area (Å²) in [5, 5.41) is 8.22. The number of furan rings is 1. The second-order valence-corrected chi connectivity index (χ2v) is 14.1. The smallest absolute Gasteiger partial charge is 0.143 e. The van der Waals surface area contributed by atoms with Crippen molar-refractivity contribution in [3.63, 3.8) is 0 Å². The van der Waals surface area contributed by atoms with E-state index in [0.29, 0.717) is 16.9 Å². The van der Waals surface area contributed by atoms with Gasteiger partial charge in [-0.1, -0.05) is 170 Å². The summed E-state index contributed by atoms with van der Waals surface area (Å²) >= 11 is 0. The van der Waals surface area contributed by atoms with E-state index in [-0.39, 0.29) is 35.4 Å². The van der Waals surface area contributed by atoms with Crippen molar-refractivity contribution in [2.75, 3.05) is 4.90 Å². The standard InChI is InChI=1S/C54H35NO/c1-3-16-42-36(12-1)14-9-20-44(42)38-26-30-40(31-27-38)55(41-32-28-39(29-33-41)45-21-10-15-37-13-2-4-17-43(37)45)52-24-7-5-18-48(52)46-22-11-23-50-47(46)34-35-51-49-19-6-8-25-53(49)56-54(50)51/h1-35H/i26D,27D,30D,31D. The lowest BCUT2D eigenvalue weighted by Gasteiger charge is -2.28. The lowest BCUT2D eigenvalue weighted by atomic mass is 9.94. The maximum absolute atomic E-state index is 9.73. The van der Waals surface area contributed by atoms with E-state index in [1.165, 1.54) is 0 Å². The highest BCUT2D eigenvalue weighted by Gasteiger charge is 2.20. The maximum atomic E-state index is 9.73. The topological polar surface area (TPSA) is 16.4 Å². The Hall–Kier alpha value is -7.42. The normalized spacial score (nSPS) is 12.6. The first-order valence-electron chi connectivity index (χ1n) is 20.9. The van der Waals surface area contributed by atoms with E-state index in [2.05, 4.69) is 84.9 Å². The van der Waals surface area contributed by atoms with E-state index in [1.807, 2.05) is 108 Å². The molecule has 0 amide bonds. The lowest BCUT2D eigenvalue weighted by molar-refractivity contribution is 0.672. The minimum Gasteiger partial charge on any atom is -0.455 e. The zero-order valence-corrected chi connectivity index (χ0v) is 30.3. The number of rotatable bonds is 6. The molecular formula is C54H35NO. The second-order valence-electron chi connectivity index (χ2n) is 14.1. The summed E-state index contributed by atoms with van der Waals surface area (Å²) in [6.07, 6.45) is 0. The van der Waals surface area contributed by atoms with Crippen molar-refractivity contribution in [1.82, 2.24) is 0 Å². The number of benzene rings is 10. The fraction of sp³-hybridized carbons (Fsp3) is 0. The Morgan fingerprint density at radius 3 is 1.61 bits per heavy atom. The van der Waals surface area contributed by atoms with E-state index in [1.54, 1.807) is 0 Å². The van der Waals surface area contributed by atoms with Gasteiger partial charge in [0, 0.05) is 33.1 Å².